The maximum Gasteiger partial charge on any atom is 0.490 e. The molecular formula is C67H49B2Cl2F3IN11O4. The maximum atomic E-state index is 13.5. The Hall–Kier alpha value is -9.84. The fraction of sp³-hybridized carbons (Fsp3) is 0. The summed E-state index contributed by atoms with van der Waals surface area (Å²) in [4.78, 5) is 11.3. The lowest BCUT2D eigenvalue weighted by molar-refractivity contribution is 0.424. The summed E-state index contributed by atoms with van der Waals surface area (Å²) in [6.07, 6.45) is 15.4. The van der Waals surface area contributed by atoms with Crippen LogP contribution in [0.1, 0.15) is 0 Å². The van der Waals surface area contributed by atoms with Crippen molar-refractivity contribution < 1.29 is 33.3 Å². The molecule has 11 aromatic heterocycles. The molecule has 90 heavy (non-hydrogen) atoms. The molecule has 0 bridgehead atoms. The van der Waals surface area contributed by atoms with Crippen molar-refractivity contribution in [2.24, 2.45) is 0 Å². The Morgan fingerprint density at radius 3 is 1.04 bits per heavy atom. The zero-order chi connectivity index (χ0) is 62.9. The van der Waals surface area contributed by atoms with Gasteiger partial charge in [0.15, 0.2) is 10.3 Å². The number of pyridine rings is 7. The first-order chi connectivity index (χ1) is 43.8. The van der Waals surface area contributed by atoms with Gasteiger partial charge < -0.3 is 20.1 Å². The number of fused-ring (bicyclic) bond motifs is 4. The number of benzene rings is 4. The van der Waals surface area contributed by atoms with Crippen LogP contribution in [0.2, 0.25) is 10.3 Å². The zero-order valence-electron chi connectivity index (χ0n) is 47.1. The molecule has 4 N–H and O–H groups in total. The molecule has 0 saturated carbocycles. The van der Waals surface area contributed by atoms with E-state index >= 15 is 0 Å². The van der Waals surface area contributed by atoms with Crippen LogP contribution in [0.25, 0.3) is 78.0 Å². The molecule has 15 aromatic rings. The summed E-state index contributed by atoms with van der Waals surface area (Å²) in [6, 6.07) is 66.2. The predicted molar refractivity (Wildman–Crippen MR) is 356 cm³/mol. The van der Waals surface area contributed by atoms with E-state index in [1.54, 1.807) is 45.7 Å². The van der Waals surface area contributed by atoms with Gasteiger partial charge in [0.25, 0.3) is 0 Å². The summed E-state index contributed by atoms with van der Waals surface area (Å²) in [5.74, 6) is -1.31. The van der Waals surface area contributed by atoms with Crippen molar-refractivity contribution >= 4 is 93.0 Å². The average Bonchev–Trinajstić information content (AvgIpc) is 1.67. The maximum absolute atomic E-state index is 13.5. The van der Waals surface area contributed by atoms with E-state index in [1.165, 1.54) is 30.7 Å². The molecule has 15 nitrogen and oxygen atoms in total. The van der Waals surface area contributed by atoms with E-state index in [1.807, 2.05) is 204 Å². The van der Waals surface area contributed by atoms with Crippen LogP contribution in [-0.4, -0.2) is 87.7 Å². The van der Waals surface area contributed by atoms with Crippen LogP contribution in [0.4, 0.5) is 13.2 Å². The normalized spacial score (nSPS) is 10.6. The smallest absolute Gasteiger partial charge is 0.423 e. The van der Waals surface area contributed by atoms with E-state index in [0.717, 1.165) is 82.7 Å². The van der Waals surface area contributed by atoms with Crippen molar-refractivity contribution in [1.29, 1.82) is 0 Å². The number of hydrogen-bond acceptors (Lipinski definition) is 11. The Balaban J connectivity index is 0.000000123. The van der Waals surface area contributed by atoms with E-state index in [0.29, 0.717) is 26.9 Å². The molecule has 0 radical (unpaired) electrons. The lowest BCUT2D eigenvalue weighted by Crippen LogP contribution is -2.30. The number of nitrogens with zero attached hydrogens (tertiary/aromatic N) is 11. The van der Waals surface area contributed by atoms with E-state index in [-0.39, 0.29) is 17.1 Å². The van der Waals surface area contributed by atoms with E-state index in [9.17, 15) is 13.2 Å². The Bertz CT molecular complexity index is 4650. The standard InChI is InChI=1S/2C18H12FN3.C13H9ClN2.C7H4ClIN2.C6H7BO2.C5H5BFNO2/c2*19-15-10-14(11-20-12-15)18-17(13-6-2-1-3-7-13)16-8-4-5-9-22(16)21-18;14-13-12(10-6-2-1-3-7-10)11-8-4-5-9-16(11)15-13;8-7-6(9)5-3-1-2-4-11(5)10-7;8-7(9)6-4-2-1-3-5-6;7-5-1-4(6(9)10)2-8-3-5/h2*1-12H;1-9H;1-4H;1-5,8-9H;1-3,9-10H. The Morgan fingerprint density at radius 1 is 0.333 bits per heavy atom. The van der Waals surface area contributed by atoms with Crippen molar-refractivity contribution in [3.05, 3.63) is 306 Å². The average molecular weight is 1350 g/mol. The first-order valence-electron chi connectivity index (χ1n) is 27.4. The van der Waals surface area contributed by atoms with E-state index in [2.05, 4.69) is 57.9 Å². The summed E-state index contributed by atoms with van der Waals surface area (Å²) >= 11 is 14.2. The Labute approximate surface area is 537 Å². The fourth-order valence-corrected chi connectivity index (χ4v) is 10.2. The first kappa shape index (κ1) is 63.2. The van der Waals surface area contributed by atoms with Crippen molar-refractivity contribution in [3.63, 3.8) is 0 Å². The molecule has 0 spiro atoms. The fourth-order valence-electron chi connectivity index (χ4n) is 9.24. The molecule has 4 aromatic carbocycles. The zero-order valence-corrected chi connectivity index (χ0v) is 50.8. The minimum Gasteiger partial charge on any atom is -0.423 e. The van der Waals surface area contributed by atoms with Gasteiger partial charge >= 0.3 is 14.2 Å². The van der Waals surface area contributed by atoms with Gasteiger partial charge in [0.2, 0.25) is 0 Å². The summed E-state index contributed by atoms with van der Waals surface area (Å²) in [5.41, 5.74) is 13.5. The number of aromatic nitrogens is 11. The summed E-state index contributed by atoms with van der Waals surface area (Å²) in [5, 5.41) is 52.8. The highest BCUT2D eigenvalue weighted by molar-refractivity contribution is 14.1. The predicted octanol–water partition coefficient (Wildman–Crippen LogP) is 12.9. The second-order valence-electron chi connectivity index (χ2n) is 19.3. The molecule has 15 rings (SSSR count). The topological polar surface area (TPSA) is 189 Å². The Kier molecular flexibility index (Phi) is 21.3. The second kappa shape index (κ2) is 30.4. The minimum atomic E-state index is -1.65. The molecule has 0 amide bonds. The number of rotatable bonds is 7. The van der Waals surface area contributed by atoms with Gasteiger partial charge in [-0.1, -0.05) is 169 Å². The highest BCUT2D eigenvalue weighted by Gasteiger charge is 2.19. The number of halogens is 6. The van der Waals surface area contributed by atoms with Crippen LogP contribution < -0.4 is 10.9 Å². The van der Waals surface area contributed by atoms with Gasteiger partial charge in [-0.2, -0.15) is 20.4 Å². The third-order valence-corrected chi connectivity index (χ3v) is 15.2. The molecule has 23 heteroatoms. The van der Waals surface area contributed by atoms with Gasteiger partial charge in [0.1, 0.15) is 28.8 Å². The molecule has 0 atom stereocenters. The van der Waals surface area contributed by atoms with E-state index < -0.39 is 20.1 Å². The molecule has 444 valence electrons. The SMILES string of the molecule is Clc1nn2ccccc2c1-c1ccccc1.Clc1nn2ccccc2c1I.Fc1cncc(-c2nn3ccccc3c2-c2ccccc2)c1.Fc1cncc(-c2nn3ccccc3c2-c2ccccc2)c1.OB(O)c1ccccc1.OB(O)c1cncc(F)c1. The molecular weight excluding hydrogens is 1300 g/mol. The molecule has 11 heterocycles. The quantitative estimate of drug-likeness (QED) is 0.0878. The van der Waals surface area contributed by atoms with Crippen LogP contribution in [0.3, 0.4) is 0 Å². The summed E-state index contributed by atoms with van der Waals surface area (Å²) < 4.78 is 47.5. The van der Waals surface area contributed by atoms with Gasteiger partial charge in [-0.3, -0.25) is 15.0 Å². The van der Waals surface area contributed by atoms with Crippen molar-refractivity contribution in [3.8, 4) is 55.9 Å². The minimum absolute atomic E-state index is 0.0556. The molecule has 0 aliphatic rings. The van der Waals surface area contributed by atoms with Gasteiger partial charge in [0.05, 0.1) is 44.2 Å². The second-order valence-corrected chi connectivity index (χ2v) is 21.1. The van der Waals surface area contributed by atoms with Crippen molar-refractivity contribution in [2.75, 3.05) is 0 Å². The van der Waals surface area contributed by atoms with Crippen LogP contribution in [-0.2, 0) is 0 Å². The van der Waals surface area contributed by atoms with Gasteiger partial charge in [-0.05, 0) is 111 Å². The van der Waals surface area contributed by atoms with Crippen LogP contribution >= 0.6 is 45.8 Å². The molecule has 0 aliphatic heterocycles. The van der Waals surface area contributed by atoms with E-state index in [4.69, 9.17) is 43.3 Å². The lowest BCUT2D eigenvalue weighted by Gasteiger charge is -2.03. The first-order valence-corrected chi connectivity index (χ1v) is 29.3. The van der Waals surface area contributed by atoms with Crippen LogP contribution in [0.15, 0.2) is 274 Å². The summed E-state index contributed by atoms with van der Waals surface area (Å²) in [6.45, 7) is 0. The van der Waals surface area contributed by atoms with Gasteiger partial charge in [-0.15, -0.1) is 0 Å². The highest BCUT2D eigenvalue weighted by Crippen LogP contribution is 2.37. The molecule has 0 aliphatic carbocycles. The van der Waals surface area contributed by atoms with Crippen LogP contribution in [0, 0.1) is 21.0 Å². The summed E-state index contributed by atoms with van der Waals surface area (Å²) in [7, 11) is -2.99. The Morgan fingerprint density at radius 2 is 0.667 bits per heavy atom. The van der Waals surface area contributed by atoms with Crippen molar-refractivity contribution in [1.82, 2.24) is 53.4 Å². The third-order valence-electron chi connectivity index (χ3n) is 13.3. The van der Waals surface area contributed by atoms with Crippen molar-refractivity contribution in [2.45, 2.75) is 0 Å². The molecule has 0 fully saturated rings. The van der Waals surface area contributed by atoms with Crippen LogP contribution in [0.5, 0.6) is 0 Å². The highest BCUT2D eigenvalue weighted by atomic mass is 127. The monoisotopic (exact) mass is 1350 g/mol. The lowest BCUT2D eigenvalue weighted by atomic mass is 9.81. The van der Waals surface area contributed by atoms with Gasteiger partial charge in [0, 0.05) is 76.7 Å². The molecule has 0 saturated heterocycles. The molecule has 0 unspecified atom stereocenters. The third kappa shape index (κ3) is 15.7. The number of hydrogen-bond donors (Lipinski definition) is 4. The largest absolute Gasteiger partial charge is 0.490 e. The van der Waals surface area contributed by atoms with Gasteiger partial charge in [-0.25, -0.2) is 31.2 Å².